The first-order valence-corrected chi connectivity index (χ1v) is 24.0. The van der Waals surface area contributed by atoms with Gasteiger partial charge in [0, 0.05) is 61.1 Å². The van der Waals surface area contributed by atoms with Crippen LogP contribution in [0.4, 0.5) is 0 Å². The van der Waals surface area contributed by atoms with E-state index in [2.05, 4.69) is 88.5 Å². The fourth-order valence-electron chi connectivity index (χ4n) is 16.1. The van der Waals surface area contributed by atoms with E-state index in [0.717, 1.165) is 67.1 Å². The third kappa shape index (κ3) is 6.56. The quantitative estimate of drug-likeness (QED) is 0.135. The Kier molecular flexibility index (Phi) is 10.6. The van der Waals surface area contributed by atoms with Gasteiger partial charge in [-0.2, -0.15) is 0 Å². The molecule has 5 aliphatic carbocycles. The van der Waals surface area contributed by atoms with E-state index in [4.69, 9.17) is 4.74 Å². The number of carbonyl (C=O) groups excluding carboxylic acids is 2. The van der Waals surface area contributed by atoms with Gasteiger partial charge in [-0.3, -0.25) is 9.59 Å². The number of hydrogen-bond donors (Lipinski definition) is 4. The second-order valence-electron chi connectivity index (χ2n) is 22.8. The highest BCUT2D eigenvalue weighted by atomic mass is 16.6. The summed E-state index contributed by atoms with van der Waals surface area (Å²) in [5, 5.41) is 35.3. The number of aliphatic hydroxyl groups is 3. The molecule has 0 bridgehead atoms. The van der Waals surface area contributed by atoms with Crippen LogP contribution in [0.2, 0.25) is 0 Å². The number of fused-ring (bicyclic) bond motifs is 6. The molecule has 0 amide bonds. The molecule has 12 atom stereocenters. The Hall–Kier alpha value is -3.04. The number of ether oxygens (including phenoxy) is 1. The molecule has 9 rings (SSSR count). The van der Waals surface area contributed by atoms with Crippen molar-refractivity contribution in [3.05, 3.63) is 70.1 Å². The zero-order valence-electron chi connectivity index (χ0n) is 38.6. The molecule has 8 nitrogen and oxygen atoms in total. The normalized spacial score (nSPS) is 38.2. The summed E-state index contributed by atoms with van der Waals surface area (Å²) in [5.74, 6) is 0.150. The number of aliphatic hydroxyl groups excluding tert-OH is 3. The van der Waals surface area contributed by atoms with Crippen LogP contribution in [0.3, 0.4) is 0 Å². The van der Waals surface area contributed by atoms with Crippen LogP contribution in [-0.2, 0) is 27.3 Å². The highest BCUT2D eigenvalue weighted by Crippen LogP contribution is 2.76. The average molecular weight is 835 g/mol. The molecule has 5 fully saturated rings. The van der Waals surface area contributed by atoms with Gasteiger partial charge in [0.05, 0.1) is 28.8 Å². The molecule has 1 saturated heterocycles. The standard InChI is InChI=1S/C53H74N2O6/c1-30-21-31(2)23-33(22-30)25-35-28-55(38-17-19-54-44(35)38)29-37-43-42(32(3)24-39(57)48-49(4,5)61-48)40(58)27-52(43,8)51(7)18-16-41-50(6,46(51)45(37)59)26-34(13-12-20-56)47(60)53(41,9)36-14-10-11-15-36/h17,19,21-23,28,32,34,36-37,39,41,45-46,48,54,56-57,59H,10-16,18,20,24-27,29H2,1-9H3. The Morgan fingerprint density at radius 3 is 2.34 bits per heavy atom. The summed E-state index contributed by atoms with van der Waals surface area (Å²) < 4.78 is 8.24. The minimum Gasteiger partial charge on any atom is -0.396 e. The Morgan fingerprint density at radius 2 is 1.69 bits per heavy atom. The van der Waals surface area contributed by atoms with E-state index >= 15 is 0 Å². The van der Waals surface area contributed by atoms with Crippen molar-refractivity contribution in [2.24, 2.45) is 57.2 Å². The van der Waals surface area contributed by atoms with Gasteiger partial charge in [-0.05, 0) is 142 Å². The Labute approximate surface area is 364 Å². The molecule has 4 saturated carbocycles. The first kappa shape index (κ1) is 43.2. The number of nitrogens with zero attached hydrogens (tertiary/aromatic N) is 1. The van der Waals surface area contributed by atoms with Crippen molar-refractivity contribution in [2.75, 3.05) is 6.61 Å². The van der Waals surface area contributed by atoms with Gasteiger partial charge in [0.15, 0.2) is 5.78 Å². The molecule has 4 N–H and O–H groups in total. The number of allylic oxidation sites excluding steroid dienone is 1. The summed E-state index contributed by atoms with van der Waals surface area (Å²) in [7, 11) is 0. The third-order valence-corrected chi connectivity index (χ3v) is 18.7. The summed E-state index contributed by atoms with van der Waals surface area (Å²) in [6.07, 6.45) is 12.4. The van der Waals surface area contributed by atoms with E-state index in [1.54, 1.807) is 0 Å². The van der Waals surface area contributed by atoms with E-state index in [0.29, 0.717) is 50.4 Å². The largest absolute Gasteiger partial charge is 0.396 e. The van der Waals surface area contributed by atoms with Gasteiger partial charge < -0.3 is 29.6 Å². The fourth-order valence-corrected chi connectivity index (χ4v) is 16.1. The molecule has 2 aromatic heterocycles. The van der Waals surface area contributed by atoms with Gasteiger partial charge in [0.25, 0.3) is 0 Å². The molecule has 6 aliphatic rings. The van der Waals surface area contributed by atoms with Crippen LogP contribution in [0.25, 0.3) is 11.0 Å². The maximum Gasteiger partial charge on any atom is 0.160 e. The number of aromatic nitrogens is 2. The number of H-pyrrole nitrogens is 1. The number of hydrogen-bond acceptors (Lipinski definition) is 6. The SMILES string of the molecule is Cc1cc(C)cc(Cc2cn(CC3C4=C(C(C)CC(O)C5OC5(C)C)C(=O)CC4(C)C4(C)CCC5C(C)(CC(CCCO)C(=O)C5(C)C5CCCC5)C4C3O)c3cc[nH]c23)c1. The molecule has 0 spiro atoms. The topological polar surface area (TPSA) is 128 Å². The Balaban J connectivity index is 1.18. The number of carbonyl (C=O) groups is 2. The lowest BCUT2D eigenvalue weighted by atomic mass is 9.33. The maximum absolute atomic E-state index is 15.0. The maximum atomic E-state index is 15.0. The first-order valence-electron chi connectivity index (χ1n) is 24.0. The van der Waals surface area contributed by atoms with Gasteiger partial charge in [0.1, 0.15) is 11.9 Å². The monoisotopic (exact) mass is 835 g/mol. The van der Waals surface area contributed by atoms with Crippen molar-refractivity contribution in [1.82, 2.24) is 9.55 Å². The molecular weight excluding hydrogens is 761 g/mol. The molecule has 332 valence electrons. The molecule has 12 unspecified atom stereocenters. The number of ketones is 2. The second-order valence-corrected chi connectivity index (χ2v) is 22.8. The van der Waals surface area contributed by atoms with Crippen LogP contribution in [0.5, 0.6) is 0 Å². The van der Waals surface area contributed by atoms with Crippen molar-refractivity contribution in [2.45, 2.75) is 170 Å². The first-order chi connectivity index (χ1) is 28.8. The van der Waals surface area contributed by atoms with Crippen molar-refractivity contribution in [3.8, 4) is 0 Å². The van der Waals surface area contributed by atoms with Crippen molar-refractivity contribution in [1.29, 1.82) is 0 Å². The predicted molar refractivity (Wildman–Crippen MR) is 240 cm³/mol. The third-order valence-electron chi connectivity index (χ3n) is 18.7. The lowest BCUT2D eigenvalue weighted by Gasteiger charge is -2.71. The lowest BCUT2D eigenvalue weighted by Crippen LogP contribution is -2.69. The van der Waals surface area contributed by atoms with Gasteiger partial charge in [-0.25, -0.2) is 0 Å². The summed E-state index contributed by atoms with van der Waals surface area (Å²) in [6, 6.07) is 8.89. The zero-order valence-corrected chi connectivity index (χ0v) is 38.6. The molecule has 61 heavy (non-hydrogen) atoms. The van der Waals surface area contributed by atoms with E-state index in [1.165, 1.54) is 22.3 Å². The Morgan fingerprint density at radius 1 is 1.00 bits per heavy atom. The van der Waals surface area contributed by atoms with E-state index in [9.17, 15) is 24.9 Å². The van der Waals surface area contributed by atoms with E-state index in [1.807, 2.05) is 20.0 Å². The van der Waals surface area contributed by atoms with Crippen LogP contribution in [0, 0.1) is 71.0 Å². The van der Waals surface area contributed by atoms with Crippen molar-refractivity contribution in [3.63, 3.8) is 0 Å². The summed E-state index contributed by atoms with van der Waals surface area (Å²) in [6.45, 7) is 20.5. The molecule has 8 heteroatoms. The zero-order chi connectivity index (χ0) is 43.6. The van der Waals surface area contributed by atoms with Gasteiger partial charge in [-0.1, -0.05) is 76.8 Å². The second kappa shape index (κ2) is 15.0. The van der Waals surface area contributed by atoms with Gasteiger partial charge >= 0.3 is 0 Å². The molecule has 3 aromatic rings. The molecule has 3 heterocycles. The number of aryl methyl sites for hydroxylation is 2. The van der Waals surface area contributed by atoms with Crippen LogP contribution < -0.4 is 0 Å². The number of aromatic amines is 1. The summed E-state index contributed by atoms with van der Waals surface area (Å²) in [4.78, 5) is 33.5. The van der Waals surface area contributed by atoms with E-state index in [-0.39, 0.29) is 59.1 Å². The smallest absolute Gasteiger partial charge is 0.160 e. The molecular formula is C53H74N2O6. The minimum absolute atomic E-state index is 0.0697. The summed E-state index contributed by atoms with van der Waals surface area (Å²) >= 11 is 0. The van der Waals surface area contributed by atoms with Crippen molar-refractivity contribution < 1.29 is 29.6 Å². The lowest BCUT2D eigenvalue weighted by molar-refractivity contribution is -0.233. The van der Waals surface area contributed by atoms with Gasteiger partial charge in [0.2, 0.25) is 0 Å². The molecule has 1 aromatic carbocycles. The fraction of sp³-hybridized carbons (Fsp3) is 0.698. The minimum atomic E-state index is -0.761. The Bertz CT molecular complexity index is 2220. The van der Waals surface area contributed by atoms with Crippen LogP contribution >= 0.6 is 0 Å². The number of epoxide rings is 1. The van der Waals surface area contributed by atoms with Crippen LogP contribution in [0.15, 0.2) is 47.8 Å². The highest BCUT2D eigenvalue weighted by Gasteiger charge is 2.74. The van der Waals surface area contributed by atoms with E-state index < -0.39 is 28.5 Å². The van der Waals surface area contributed by atoms with Gasteiger partial charge in [-0.15, -0.1) is 0 Å². The molecule has 1 aliphatic heterocycles. The molecule has 0 radical (unpaired) electrons. The van der Waals surface area contributed by atoms with Crippen LogP contribution in [-0.4, -0.2) is 67.0 Å². The number of benzene rings is 1. The number of nitrogens with one attached hydrogen (secondary N) is 1. The summed E-state index contributed by atoms with van der Waals surface area (Å²) in [5.41, 5.74) is 6.94. The average Bonchev–Trinajstić information content (AvgIpc) is 3.76. The van der Waals surface area contributed by atoms with Crippen LogP contribution in [0.1, 0.15) is 141 Å². The predicted octanol–water partition coefficient (Wildman–Crippen LogP) is 9.60. The van der Waals surface area contributed by atoms with Crippen molar-refractivity contribution >= 4 is 22.6 Å². The number of Topliss-reactive ketones (excluding diaryl/α,β-unsaturated/α-hetero) is 2. The number of rotatable bonds is 12. The highest BCUT2D eigenvalue weighted by molar-refractivity contribution is 6.01.